The lowest BCUT2D eigenvalue weighted by molar-refractivity contribution is 0.459. The zero-order valence-corrected chi connectivity index (χ0v) is 10.1. The number of rotatable bonds is 4. The van der Waals surface area contributed by atoms with E-state index in [1.807, 2.05) is 19.2 Å². The van der Waals surface area contributed by atoms with Gasteiger partial charge < -0.3 is 10.1 Å². The van der Waals surface area contributed by atoms with Crippen molar-refractivity contribution in [1.29, 1.82) is 0 Å². The molecular weight excluding hydrogens is 238 g/mol. The average molecular weight is 250 g/mol. The number of hydrogen-bond acceptors (Lipinski definition) is 4. The van der Waals surface area contributed by atoms with E-state index in [1.165, 1.54) is 0 Å². The van der Waals surface area contributed by atoms with Crippen molar-refractivity contribution in [2.75, 3.05) is 7.05 Å². The summed E-state index contributed by atoms with van der Waals surface area (Å²) < 4.78 is 5.52. The first kappa shape index (κ1) is 11.8. The van der Waals surface area contributed by atoms with Gasteiger partial charge in [0, 0.05) is 6.54 Å². The molecule has 1 N–H and O–H groups in total. The van der Waals surface area contributed by atoms with E-state index >= 15 is 0 Å². The van der Waals surface area contributed by atoms with Crippen LogP contribution in [0, 0.1) is 0 Å². The Morgan fingerprint density at radius 2 is 2.06 bits per heavy atom. The van der Waals surface area contributed by atoms with Gasteiger partial charge in [0.2, 0.25) is 5.88 Å². The van der Waals surface area contributed by atoms with Crippen molar-refractivity contribution in [3.63, 3.8) is 0 Å². The number of nitrogens with one attached hydrogen (secondary N) is 1. The summed E-state index contributed by atoms with van der Waals surface area (Å²) >= 11 is 5.97. The molecule has 0 aliphatic heterocycles. The molecule has 0 aliphatic carbocycles. The molecule has 0 unspecified atom stereocenters. The molecule has 2 rings (SSSR count). The molecule has 0 saturated heterocycles. The van der Waals surface area contributed by atoms with Crippen molar-refractivity contribution in [3.8, 4) is 11.6 Å². The van der Waals surface area contributed by atoms with Crippen LogP contribution in [0.3, 0.4) is 0 Å². The molecule has 1 heterocycles. The molecular formula is C12H12ClN3O. The Hall–Kier alpha value is -1.65. The van der Waals surface area contributed by atoms with E-state index in [1.54, 1.807) is 24.5 Å². The molecule has 17 heavy (non-hydrogen) atoms. The smallest absolute Gasteiger partial charge is 0.237 e. The van der Waals surface area contributed by atoms with Gasteiger partial charge in [-0.3, -0.25) is 4.98 Å². The van der Waals surface area contributed by atoms with Crippen LogP contribution in [-0.4, -0.2) is 17.0 Å². The molecule has 4 nitrogen and oxygen atoms in total. The number of nitrogens with zero attached hydrogens (tertiary/aromatic N) is 2. The predicted octanol–water partition coefficient (Wildman–Crippen LogP) is 2.64. The Morgan fingerprint density at radius 1 is 1.24 bits per heavy atom. The molecule has 1 aromatic carbocycles. The quantitative estimate of drug-likeness (QED) is 0.905. The van der Waals surface area contributed by atoms with Crippen molar-refractivity contribution in [2.45, 2.75) is 6.54 Å². The maximum atomic E-state index is 5.97. The first-order valence-electron chi connectivity index (χ1n) is 5.17. The molecule has 5 heteroatoms. The van der Waals surface area contributed by atoms with E-state index in [4.69, 9.17) is 16.3 Å². The summed E-state index contributed by atoms with van der Waals surface area (Å²) in [7, 11) is 1.86. The average Bonchev–Trinajstić information content (AvgIpc) is 2.35. The number of ether oxygens (including phenoxy) is 1. The third kappa shape index (κ3) is 3.15. The highest BCUT2D eigenvalue weighted by molar-refractivity contribution is 6.32. The van der Waals surface area contributed by atoms with E-state index in [-0.39, 0.29) is 0 Å². The maximum Gasteiger partial charge on any atom is 0.237 e. The fourth-order valence-electron chi connectivity index (χ4n) is 1.31. The van der Waals surface area contributed by atoms with Crippen molar-refractivity contribution in [3.05, 3.63) is 47.4 Å². The van der Waals surface area contributed by atoms with E-state index in [0.29, 0.717) is 23.2 Å². The van der Waals surface area contributed by atoms with Gasteiger partial charge in [0.1, 0.15) is 5.75 Å². The summed E-state index contributed by atoms with van der Waals surface area (Å²) in [4.78, 5) is 8.35. The summed E-state index contributed by atoms with van der Waals surface area (Å²) in [5.74, 6) is 1.00. The van der Waals surface area contributed by atoms with Gasteiger partial charge in [0.25, 0.3) is 0 Å². The molecule has 0 radical (unpaired) electrons. The number of halogens is 1. The second kappa shape index (κ2) is 5.61. The molecule has 0 bridgehead atoms. The lowest BCUT2D eigenvalue weighted by Crippen LogP contribution is -2.07. The topological polar surface area (TPSA) is 47.0 Å². The van der Waals surface area contributed by atoms with Crippen molar-refractivity contribution >= 4 is 11.6 Å². The number of benzene rings is 1. The van der Waals surface area contributed by atoms with Gasteiger partial charge in [-0.05, 0) is 19.2 Å². The molecule has 0 saturated carbocycles. The van der Waals surface area contributed by atoms with Crippen LogP contribution in [0.5, 0.6) is 11.6 Å². The lowest BCUT2D eigenvalue weighted by atomic mass is 10.3. The standard InChI is InChI=1S/C12H12ClN3O/c1-14-6-9-7-16-12(8-15-9)17-11-5-3-2-4-10(11)13/h2-5,7-8,14H,6H2,1H3. The molecule has 0 amide bonds. The van der Waals surface area contributed by atoms with Crippen LogP contribution >= 0.6 is 11.6 Å². The Morgan fingerprint density at radius 3 is 2.71 bits per heavy atom. The fourth-order valence-corrected chi connectivity index (χ4v) is 1.48. The molecule has 88 valence electrons. The summed E-state index contributed by atoms with van der Waals surface area (Å²) in [5, 5.41) is 3.55. The van der Waals surface area contributed by atoms with Crippen LogP contribution in [-0.2, 0) is 6.54 Å². The molecule has 2 aromatic rings. The number of hydrogen-bond donors (Lipinski definition) is 1. The van der Waals surface area contributed by atoms with Gasteiger partial charge in [0.05, 0.1) is 23.1 Å². The second-order valence-electron chi connectivity index (χ2n) is 3.41. The van der Waals surface area contributed by atoms with Gasteiger partial charge in [-0.2, -0.15) is 0 Å². The third-order valence-electron chi connectivity index (χ3n) is 2.09. The van der Waals surface area contributed by atoms with Crippen LogP contribution in [0.25, 0.3) is 0 Å². The first-order valence-corrected chi connectivity index (χ1v) is 5.55. The summed E-state index contributed by atoms with van der Waals surface area (Å²) in [6.45, 7) is 0.680. The van der Waals surface area contributed by atoms with Crippen LogP contribution < -0.4 is 10.1 Å². The van der Waals surface area contributed by atoms with Crippen LogP contribution in [0.4, 0.5) is 0 Å². The molecule has 1 aromatic heterocycles. The molecule has 0 atom stereocenters. The Bertz CT molecular complexity index is 487. The maximum absolute atomic E-state index is 5.97. The van der Waals surface area contributed by atoms with Crippen LogP contribution in [0.1, 0.15) is 5.69 Å². The highest BCUT2D eigenvalue weighted by atomic mass is 35.5. The summed E-state index contributed by atoms with van der Waals surface area (Å²) in [6.07, 6.45) is 3.25. The first-order chi connectivity index (χ1) is 8.29. The van der Waals surface area contributed by atoms with Gasteiger partial charge in [0.15, 0.2) is 0 Å². The third-order valence-corrected chi connectivity index (χ3v) is 2.40. The summed E-state index contributed by atoms with van der Waals surface area (Å²) in [6, 6.07) is 7.24. The normalized spacial score (nSPS) is 10.2. The Labute approximate surface area is 105 Å². The minimum absolute atomic E-state index is 0.429. The highest BCUT2D eigenvalue weighted by Crippen LogP contribution is 2.27. The molecule has 0 aliphatic rings. The second-order valence-corrected chi connectivity index (χ2v) is 3.82. The predicted molar refractivity (Wildman–Crippen MR) is 66.3 cm³/mol. The Balaban J connectivity index is 2.11. The zero-order valence-electron chi connectivity index (χ0n) is 9.35. The van der Waals surface area contributed by atoms with Crippen molar-refractivity contribution in [2.24, 2.45) is 0 Å². The van der Waals surface area contributed by atoms with Gasteiger partial charge in [-0.15, -0.1) is 0 Å². The molecule has 0 fully saturated rings. The monoisotopic (exact) mass is 249 g/mol. The van der Waals surface area contributed by atoms with Gasteiger partial charge in [-0.25, -0.2) is 4.98 Å². The highest BCUT2D eigenvalue weighted by Gasteiger charge is 2.03. The largest absolute Gasteiger partial charge is 0.436 e. The zero-order chi connectivity index (χ0) is 12.1. The fraction of sp³-hybridized carbons (Fsp3) is 0.167. The minimum Gasteiger partial charge on any atom is -0.436 e. The lowest BCUT2D eigenvalue weighted by Gasteiger charge is -2.06. The van der Waals surface area contributed by atoms with E-state index in [2.05, 4.69) is 15.3 Å². The molecule has 0 spiro atoms. The summed E-state index contributed by atoms with van der Waals surface area (Å²) in [5.41, 5.74) is 0.860. The van der Waals surface area contributed by atoms with Gasteiger partial charge in [-0.1, -0.05) is 23.7 Å². The Kier molecular flexibility index (Phi) is 3.90. The van der Waals surface area contributed by atoms with E-state index in [9.17, 15) is 0 Å². The van der Waals surface area contributed by atoms with Crippen LogP contribution in [0.15, 0.2) is 36.7 Å². The van der Waals surface area contributed by atoms with Crippen molar-refractivity contribution < 1.29 is 4.74 Å². The minimum atomic E-state index is 0.429. The van der Waals surface area contributed by atoms with E-state index in [0.717, 1.165) is 5.69 Å². The van der Waals surface area contributed by atoms with E-state index < -0.39 is 0 Å². The van der Waals surface area contributed by atoms with Crippen molar-refractivity contribution in [1.82, 2.24) is 15.3 Å². The van der Waals surface area contributed by atoms with Gasteiger partial charge >= 0.3 is 0 Å². The SMILES string of the molecule is CNCc1cnc(Oc2ccccc2Cl)cn1. The van der Waals surface area contributed by atoms with Crippen LogP contribution in [0.2, 0.25) is 5.02 Å². The number of aromatic nitrogens is 2. The number of para-hydroxylation sites is 1.